The summed E-state index contributed by atoms with van der Waals surface area (Å²) in [7, 11) is 0. The molecular formula is C23H22BrN3O6. The molecule has 0 aliphatic carbocycles. The summed E-state index contributed by atoms with van der Waals surface area (Å²) < 4.78 is 10.8. The molecule has 0 aromatic heterocycles. The molecule has 0 unspecified atom stereocenters. The summed E-state index contributed by atoms with van der Waals surface area (Å²) in [6.45, 7) is 3.24. The molecule has 10 heteroatoms. The number of aryl methyl sites for hydroxylation is 1. The van der Waals surface area contributed by atoms with E-state index >= 15 is 0 Å². The third kappa shape index (κ3) is 6.42. The molecule has 1 aliphatic heterocycles. The number of halogens is 1. The van der Waals surface area contributed by atoms with Crippen molar-refractivity contribution >= 4 is 51.5 Å². The van der Waals surface area contributed by atoms with Crippen molar-refractivity contribution in [1.29, 1.82) is 0 Å². The van der Waals surface area contributed by atoms with Gasteiger partial charge in [-0.05, 0) is 65.7 Å². The van der Waals surface area contributed by atoms with Gasteiger partial charge in [-0.3, -0.25) is 9.59 Å². The maximum Gasteiger partial charge on any atom is 0.344 e. The molecule has 0 radical (unpaired) electrons. The van der Waals surface area contributed by atoms with Crippen LogP contribution >= 0.6 is 15.9 Å². The second-order valence-corrected chi connectivity index (χ2v) is 7.93. The standard InChI is InChI=1S/C23H22BrN3O6/c1-3-32-21(29)13-33-19-9-6-15(10-17(19)24)11-18-22(30)27(23(31)26-18)12-20(28)25-16-7-4-14(2)5-8-16/h4-11H,3,12-13H2,1-2H3,(H,25,28)(H,26,31)/b18-11+. The Balaban J connectivity index is 1.63. The van der Waals surface area contributed by atoms with E-state index in [0.717, 1.165) is 10.5 Å². The molecule has 2 N–H and O–H groups in total. The Hall–Kier alpha value is -3.66. The third-order valence-corrected chi connectivity index (χ3v) is 5.14. The van der Waals surface area contributed by atoms with Gasteiger partial charge in [0.1, 0.15) is 18.0 Å². The van der Waals surface area contributed by atoms with Crippen LogP contribution in [0.4, 0.5) is 10.5 Å². The predicted molar refractivity (Wildman–Crippen MR) is 124 cm³/mol. The van der Waals surface area contributed by atoms with Crippen molar-refractivity contribution in [3.8, 4) is 5.75 Å². The number of imide groups is 1. The molecule has 33 heavy (non-hydrogen) atoms. The minimum Gasteiger partial charge on any atom is -0.481 e. The average Bonchev–Trinajstić information content (AvgIpc) is 3.02. The van der Waals surface area contributed by atoms with Crippen LogP contribution in [-0.4, -0.2) is 48.5 Å². The Labute approximate surface area is 198 Å². The van der Waals surface area contributed by atoms with E-state index in [1.54, 1.807) is 37.3 Å². The van der Waals surface area contributed by atoms with Crippen LogP contribution in [0.15, 0.2) is 52.6 Å². The maximum absolute atomic E-state index is 12.7. The first kappa shape index (κ1) is 24.0. The number of hydrogen-bond donors (Lipinski definition) is 2. The summed E-state index contributed by atoms with van der Waals surface area (Å²) in [5.74, 6) is -1.17. The molecule has 0 bridgehead atoms. The van der Waals surface area contributed by atoms with Crippen LogP contribution in [0, 0.1) is 6.92 Å². The average molecular weight is 516 g/mol. The molecule has 0 saturated carbocycles. The number of nitrogens with zero attached hydrogens (tertiary/aromatic N) is 1. The van der Waals surface area contributed by atoms with Crippen molar-refractivity contribution in [2.24, 2.45) is 0 Å². The number of nitrogens with one attached hydrogen (secondary N) is 2. The van der Waals surface area contributed by atoms with Crippen LogP contribution in [0.3, 0.4) is 0 Å². The minimum absolute atomic E-state index is 0.0372. The quantitative estimate of drug-likeness (QED) is 0.317. The van der Waals surface area contributed by atoms with Crippen molar-refractivity contribution in [2.45, 2.75) is 13.8 Å². The van der Waals surface area contributed by atoms with Gasteiger partial charge in [0.05, 0.1) is 11.1 Å². The molecular weight excluding hydrogens is 494 g/mol. The van der Waals surface area contributed by atoms with Crippen molar-refractivity contribution in [3.63, 3.8) is 0 Å². The number of anilines is 1. The molecule has 1 aliphatic rings. The van der Waals surface area contributed by atoms with Crippen LogP contribution in [-0.2, 0) is 19.1 Å². The number of hydrogen-bond acceptors (Lipinski definition) is 6. The van der Waals surface area contributed by atoms with Crippen molar-refractivity contribution in [2.75, 3.05) is 25.1 Å². The molecule has 9 nitrogen and oxygen atoms in total. The zero-order valence-corrected chi connectivity index (χ0v) is 19.6. The number of carbonyl (C=O) groups excluding carboxylic acids is 4. The Morgan fingerprint density at radius 2 is 1.88 bits per heavy atom. The minimum atomic E-state index is -0.682. The molecule has 1 saturated heterocycles. The smallest absolute Gasteiger partial charge is 0.344 e. The van der Waals surface area contributed by atoms with E-state index in [1.807, 2.05) is 19.1 Å². The van der Waals surface area contributed by atoms with E-state index in [4.69, 9.17) is 9.47 Å². The van der Waals surface area contributed by atoms with Gasteiger partial charge in [0.15, 0.2) is 6.61 Å². The number of ether oxygens (including phenoxy) is 2. The zero-order chi connectivity index (χ0) is 24.0. The topological polar surface area (TPSA) is 114 Å². The first-order chi connectivity index (χ1) is 15.8. The van der Waals surface area contributed by atoms with E-state index < -0.39 is 30.4 Å². The summed E-state index contributed by atoms with van der Waals surface area (Å²) in [6, 6.07) is 11.4. The molecule has 0 spiro atoms. The van der Waals surface area contributed by atoms with E-state index in [9.17, 15) is 19.2 Å². The predicted octanol–water partition coefficient (Wildman–Crippen LogP) is 3.23. The molecule has 4 amide bonds. The summed E-state index contributed by atoms with van der Waals surface area (Å²) in [5, 5.41) is 5.14. The van der Waals surface area contributed by atoms with Crippen molar-refractivity contribution in [1.82, 2.24) is 10.2 Å². The second-order valence-electron chi connectivity index (χ2n) is 7.08. The summed E-state index contributed by atoms with van der Waals surface area (Å²) in [6.07, 6.45) is 1.48. The normalized spacial score (nSPS) is 14.3. The van der Waals surface area contributed by atoms with E-state index in [2.05, 4.69) is 26.6 Å². The zero-order valence-electron chi connectivity index (χ0n) is 18.0. The highest BCUT2D eigenvalue weighted by atomic mass is 79.9. The van der Waals surface area contributed by atoms with E-state index in [-0.39, 0.29) is 18.9 Å². The Morgan fingerprint density at radius 1 is 1.15 bits per heavy atom. The fraction of sp³-hybridized carbons (Fsp3) is 0.217. The lowest BCUT2D eigenvalue weighted by Gasteiger charge is -2.12. The van der Waals surface area contributed by atoms with Gasteiger partial charge in [-0.2, -0.15) is 0 Å². The lowest BCUT2D eigenvalue weighted by molar-refractivity contribution is -0.145. The van der Waals surface area contributed by atoms with E-state index in [1.165, 1.54) is 6.08 Å². The summed E-state index contributed by atoms with van der Waals surface area (Å²) >= 11 is 3.35. The number of benzene rings is 2. The van der Waals surface area contributed by atoms with Crippen LogP contribution in [0.1, 0.15) is 18.1 Å². The highest BCUT2D eigenvalue weighted by Gasteiger charge is 2.34. The Morgan fingerprint density at radius 3 is 2.55 bits per heavy atom. The highest BCUT2D eigenvalue weighted by molar-refractivity contribution is 9.10. The lowest BCUT2D eigenvalue weighted by Crippen LogP contribution is -2.38. The van der Waals surface area contributed by atoms with E-state index in [0.29, 0.717) is 21.5 Å². The Kier molecular flexibility index (Phi) is 7.83. The molecule has 1 heterocycles. The monoisotopic (exact) mass is 515 g/mol. The fourth-order valence-electron chi connectivity index (χ4n) is 2.93. The van der Waals surface area contributed by atoms with Crippen molar-refractivity contribution < 1.29 is 28.7 Å². The van der Waals surface area contributed by atoms with Crippen LogP contribution in [0.5, 0.6) is 5.75 Å². The fourth-order valence-corrected chi connectivity index (χ4v) is 3.44. The number of carbonyl (C=O) groups is 4. The van der Waals surface area contributed by atoms with Gasteiger partial charge in [-0.1, -0.05) is 23.8 Å². The first-order valence-corrected chi connectivity index (χ1v) is 10.8. The van der Waals surface area contributed by atoms with Crippen molar-refractivity contribution in [3.05, 3.63) is 63.8 Å². The molecule has 3 rings (SSSR count). The number of esters is 1. The van der Waals surface area contributed by atoms with Gasteiger partial charge in [-0.15, -0.1) is 0 Å². The molecule has 172 valence electrons. The van der Waals surface area contributed by atoms with Gasteiger partial charge < -0.3 is 20.1 Å². The molecule has 1 fully saturated rings. The number of rotatable bonds is 8. The largest absolute Gasteiger partial charge is 0.481 e. The number of amides is 4. The van der Waals surface area contributed by atoms with Gasteiger partial charge in [0.2, 0.25) is 5.91 Å². The van der Waals surface area contributed by atoms with Crippen LogP contribution in [0.25, 0.3) is 6.08 Å². The lowest BCUT2D eigenvalue weighted by atomic mass is 10.2. The molecule has 2 aromatic carbocycles. The SMILES string of the molecule is CCOC(=O)COc1ccc(/C=C2/NC(=O)N(CC(=O)Nc3ccc(C)cc3)C2=O)cc1Br. The van der Waals surface area contributed by atoms with Gasteiger partial charge >= 0.3 is 12.0 Å². The van der Waals surface area contributed by atoms with Gasteiger partial charge in [-0.25, -0.2) is 14.5 Å². The van der Waals surface area contributed by atoms with Gasteiger partial charge in [0.25, 0.3) is 5.91 Å². The third-order valence-electron chi connectivity index (χ3n) is 4.52. The summed E-state index contributed by atoms with van der Waals surface area (Å²) in [4.78, 5) is 49.4. The summed E-state index contributed by atoms with van der Waals surface area (Å²) in [5.41, 5.74) is 2.25. The molecule has 0 atom stereocenters. The van der Waals surface area contributed by atoms with Crippen LogP contribution < -0.4 is 15.4 Å². The van der Waals surface area contributed by atoms with Gasteiger partial charge in [0, 0.05) is 5.69 Å². The Bertz CT molecular complexity index is 1110. The first-order valence-electron chi connectivity index (χ1n) is 10.1. The van der Waals surface area contributed by atoms with Crippen LogP contribution in [0.2, 0.25) is 0 Å². The number of urea groups is 1. The maximum atomic E-state index is 12.7. The second kappa shape index (κ2) is 10.8. The highest BCUT2D eigenvalue weighted by Crippen LogP contribution is 2.27. The molecule has 2 aromatic rings.